The van der Waals surface area contributed by atoms with Crippen LogP contribution >= 0.6 is 0 Å². The molecule has 0 saturated carbocycles. The number of hydrogen-bond acceptors (Lipinski definition) is 8. The van der Waals surface area contributed by atoms with Gasteiger partial charge in [-0.25, -0.2) is 4.79 Å². The van der Waals surface area contributed by atoms with Crippen LogP contribution in [-0.4, -0.2) is 81.7 Å². The summed E-state index contributed by atoms with van der Waals surface area (Å²) in [6.45, 7) is 2.19. The maximum absolute atomic E-state index is 12.5. The first kappa shape index (κ1) is 27.7. The molecule has 0 unspecified atom stereocenters. The van der Waals surface area contributed by atoms with Crippen LogP contribution in [-0.2, 0) is 28.8 Å². The lowest BCUT2D eigenvalue weighted by Gasteiger charge is -2.25. The van der Waals surface area contributed by atoms with E-state index in [0.29, 0.717) is 0 Å². The van der Waals surface area contributed by atoms with E-state index in [1.54, 1.807) is 13.8 Å². The van der Waals surface area contributed by atoms with E-state index in [0.717, 1.165) is 0 Å². The fraction of sp³-hybridized carbons (Fsp3) is 0.647. The van der Waals surface area contributed by atoms with Crippen molar-refractivity contribution < 1.29 is 44.1 Å². The number of carboxylic acid groups (broad SMARTS) is 2. The lowest BCUT2D eigenvalue weighted by molar-refractivity contribution is -0.143. The van der Waals surface area contributed by atoms with Crippen LogP contribution in [0.3, 0.4) is 0 Å². The Morgan fingerprint density at radius 1 is 0.871 bits per heavy atom. The summed E-state index contributed by atoms with van der Waals surface area (Å²) in [5.41, 5.74) is 10.4. The molecule has 0 aromatic heterocycles. The van der Waals surface area contributed by atoms with Crippen molar-refractivity contribution >= 4 is 35.6 Å². The molecular weight excluding hydrogens is 418 g/mol. The third-order valence-corrected chi connectivity index (χ3v) is 4.09. The molecule has 14 nitrogen and oxygen atoms in total. The molecule has 0 aliphatic carbocycles. The molecule has 0 spiro atoms. The molecule has 4 amide bonds. The molecule has 0 fully saturated rings. The zero-order chi connectivity index (χ0) is 24.3. The number of aliphatic carboxylic acids is 2. The highest BCUT2D eigenvalue weighted by Gasteiger charge is 2.31. The minimum Gasteiger partial charge on any atom is -0.481 e. The monoisotopic (exact) mass is 447 g/mol. The van der Waals surface area contributed by atoms with E-state index < -0.39 is 78.7 Å². The van der Waals surface area contributed by atoms with Crippen molar-refractivity contribution in [1.29, 1.82) is 0 Å². The fourth-order valence-electron chi connectivity index (χ4n) is 2.35. The van der Waals surface area contributed by atoms with Crippen molar-refractivity contribution in [2.75, 3.05) is 6.61 Å². The average molecular weight is 447 g/mol. The molecule has 10 N–H and O–H groups in total. The van der Waals surface area contributed by atoms with Crippen molar-refractivity contribution in [1.82, 2.24) is 16.0 Å². The van der Waals surface area contributed by atoms with Gasteiger partial charge < -0.3 is 42.7 Å². The van der Waals surface area contributed by atoms with Crippen LogP contribution in [0.5, 0.6) is 0 Å². The number of nitrogens with two attached hydrogens (primary N) is 2. The van der Waals surface area contributed by atoms with Gasteiger partial charge >= 0.3 is 11.9 Å². The number of aliphatic hydroxyl groups is 1. The van der Waals surface area contributed by atoms with Crippen LogP contribution in [0.15, 0.2) is 0 Å². The molecule has 0 radical (unpaired) electrons. The summed E-state index contributed by atoms with van der Waals surface area (Å²) in [7, 11) is 0. The minimum atomic E-state index is -1.59. The second-order valence-electron chi connectivity index (χ2n) is 7.08. The SMILES string of the molecule is CC(C)[C@H](NC(=O)[C@H](CCC(N)=O)NC(=O)[C@H](CO)NC(=O)[C@@H](N)CC(=O)O)C(=O)O. The Kier molecular flexibility index (Phi) is 11.7. The third-order valence-electron chi connectivity index (χ3n) is 4.09. The number of nitrogens with one attached hydrogen (secondary N) is 3. The van der Waals surface area contributed by atoms with Gasteiger partial charge in [-0.3, -0.25) is 24.0 Å². The largest absolute Gasteiger partial charge is 0.481 e. The molecule has 176 valence electrons. The van der Waals surface area contributed by atoms with E-state index in [4.69, 9.17) is 16.6 Å². The van der Waals surface area contributed by atoms with E-state index in [-0.39, 0.29) is 12.8 Å². The first-order valence-electron chi connectivity index (χ1n) is 9.30. The molecule has 0 aromatic rings. The maximum Gasteiger partial charge on any atom is 0.326 e. The van der Waals surface area contributed by atoms with Crippen LogP contribution < -0.4 is 27.4 Å². The van der Waals surface area contributed by atoms with Crippen LogP contribution in [0.1, 0.15) is 33.1 Å². The van der Waals surface area contributed by atoms with Crippen molar-refractivity contribution in [2.45, 2.75) is 57.3 Å². The number of aliphatic hydroxyl groups excluding tert-OH is 1. The molecule has 0 rings (SSSR count). The van der Waals surface area contributed by atoms with Crippen molar-refractivity contribution in [3.63, 3.8) is 0 Å². The zero-order valence-corrected chi connectivity index (χ0v) is 17.2. The number of carbonyl (C=O) groups is 6. The summed E-state index contributed by atoms with van der Waals surface area (Å²) < 4.78 is 0. The average Bonchev–Trinajstić information content (AvgIpc) is 2.65. The molecule has 14 heteroatoms. The zero-order valence-electron chi connectivity index (χ0n) is 17.2. The predicted molar refractivity (Wildman–Crippen MR) is 104 cm³/mol. The van der Waals surface area contributed by atoms with Gasteiger partial charge in [-0.05, 0) is 12.3 Å². The van der Waals surface area contributed by atoms with Crippen molar-refractivity contribution in [3.05, 3.63) is 0 Å². The third kappa shape index (κ3) is 10.4. The number of carboxylic acids is 2. The molecule has 4 atom stereocenters. The molecule has 31 heavy (non-hydrogen) atoms. The molecule has 0 heterocycles. The van der Waals surface area contributed by atoms with Crippen LogP contribution in [0.2, 0.25) is 0 Å². The number of carbonyl (C=O) groups excluding carboxylic acids is 4. The summed E-state index contributed by atoms with van der Waals surface area (Å²) >= 11 is 0. The predicted octanol–water partition coefficient (Wildman–Crippen LogP) is -3.76. The summed E-state index contributed by atoms with van der Waals surface area (Å²) in [6, 6.07) is -5.76. The molecular formula is C17H29N5O9. The highest BCUT2D eigenvalue weighted by atomic mass is 16.4. The van der Waals surface area contributed by atoms with Crippen LogP contribution in [0.25, 0.3) is 0 Å². The van der Waals surface area contributed by atoms with Gasteiger partial charge in [0, 0.05) is 6.42 Å². The second-order valence-corrected chi connectivity index (χ2v) is 7.08. The van der Waals surface area contributed by atoms with Gasteiger partial charge in [0.15, 0.2) is 0 Å². The van der Waals surface area contributed by atoms with E-state index in [1.165, 1.54) is 0 Å². The van der Waals surface area contributed by atoms with E-state index in [9.17, 15) is 39.0 Å². The number of hydrogen-bond donors (Lipinski definition) is 8. The summed E-state index contributed by atoms with van der Waals surface area (Å²) in [5.74, 6) is -6.92. The van der Waals surface area contributed by atoms with Gasteiger partial charge in [0.05, 0.1) is 19.1 Å². The quantitative estimate of drug-likeness (QED) is 0.129. The normalized spacial score (nSPS) is 14.6. The Hall–Kier alpha value is -3.26. The number of amides is 4. The highest BCUT2D eigenvalue weighted by Crippen LogP contribution is 2.05. The fourth-order valence-corrected chi connectivity index (χ4v) is 2.35. The van der Waals surface area contributed by atoms with E-state index in [1.807, 2.05) is 0 Å². The Morgan fingerprint density at radius 3 is 1.81 bits per heavy atom. The smallest absolute Gasteiger partial charge is 0.326 e. The summed E-state index contributed by atoms with van der Waals surface area (Å²) in [5, 5.41) is 33.7. The van der Waals surface area contributed by atoms with Gasteiger partial charge in [0.1, 0.15) is 18.1 Å². The Balaban J connectivity index is 5.33. The maximum atomic E-state index is 12.5. The summed E-state index contributed by atoms with van der Waals surface area (Å²) in [4.78, 5) is 69.8. The molecule has 0 aromatic carbocycles. The Morgan fingerprint density at radius 2 is 1.39 bits per heavy atom. The van der Waals surface area contributed by atoms with Crippen LogP contribution in [0.4, 0.5) is 0 Å². The van der Waals surface area contributed by atoms with Crippen LogP contribution in [0, 0.1) is 5.92 Å². The Labute approximate surface area is 177 Å². The highest BCUT2D eigenvalue weighted by molar-refractivity contribution is 5.95. The van der Waals surface area contributed by atoms with Gasteiger partial charge in [-0.1, -0.05) is 13.8 Å². The lowest BCUT2D eigenvalue weighted by Crippen LogP contribution is -2.58. The van der Waals surface area contributed by atoms with Crippen molar-refractivity contribution in [2.24, 2.45) is 17.4 Å². The first-order valence-corrected chi connectivity index (χ1v) is 9.30. The van der Waals surface area contributed by atoms with Gasteiger partial charge in [-0.15, -0.1) is 0 Å². The lowest BCUT2D eigenvalue weighted by atomic mass is 10.0. The summed E-state index contributed by atoms with van der Waals surface area (Å²) in [6.07, 6.45) is -1.32. The van der Waals surface area contributed by atoms with E-state index >= 15 is 0 Å². The molecule has 0 aliphatic rings. The topological polar surface area (TPSA) is 251 Å². The molecule has 0 aliphatic heterocycles. The van der Waals surface area contributed by atoms with Gasteiger partial charge in [-0.2, -0.15) is 0 Å². The Bertz CT molecular complexity index is 697. The first-order chi connectivity index (χ1) is 14.3. The second kappa shape index (κ2) is 13.1. The minimum absolute atomic E-state index is 0.276. The number of rotatable bonds is 14. The standard InChI is InChI=1S/C17H29N5O9/c1-7(2)13(17(30)31)22-15(28)9(3-4-11(19)24)20-16(29)10(6-23)21-14(27)8(18)5-12(25)26/h7-10,13,23H,3-6,18H2,1-2H3,(H2,19,24)(H,20,29)(H,21,27)(H,22,28)(H,25,26)(H,30,31)/t8-,9-,10-,13-/m0/s1. The van der Waals surface area contributed by atoms with Gasteiger partial charge in [0.25, 0.3) is 0 Å². The molecule has 0 bridgehead atoms. The molecule has 0 saturated heterocycles. The van der Waals surface area contributed by atoms with Gasteiger partial charge in [0.2, 0.25) is 23.6 Å². The van der Waals surface area contributed by atoms with Crippen molar-refractivity contribution in [3.8, 4) is 0 Å². The van der Waals surface area contributed by atoms with E-state index in [2.05, 4.69) is 16.0 Å². The number of primary amides is 1.